The van der Waals surface area contributed by atoms with Crippen LogP contribution in [0.3, 0.4) is 0 Å². The minimum atomic E-state index is -0.354. The van der Waals surface area contributed by atoms with Gasteiger partial charge in [0, 0.05) is 37.3 Å². The van der Waals surface area contributed by atoms with Crippen LogP contribution in [0.5, 0.6) is 0 Å². The molecule has 1 atom stereocenters. The largest absolute Gasteiger partial charge is 0.356 e. The van der Waals surface area contributed by atoms with Crippen LogP contribution in [-0.4, -0.2) is 46.5 Å². The van der Waals surface area contributed by atoms with E-state index < -0.39 is 0 Å². The Labute approximate surface area is 134 Å². The third-order valence-corrected chi connectivity index (χ3v) is 4.74. The summed E-state index contributed by atoms with van der Waals surface area (Å²) in [7, 11) is 0. The topological polar surface area (TPSA) is 95.2 Å². The maximum Gasteiger partial charge on any atom is 0.278 e. The summed E-state index contributed by atoms with van der Waals surface area (Å²) in [5.41, 5.74) is 0.215. The van der Waals surface area contributed by atoms with Gasteiger partial charge in [-0.2, -0.15) is 5.10 Å². The maximum absolute atomic E-state index is 12.4. The Hall–Kier alpha value is -2.18. The first-order chi connectivity index (χ1) is 11.0. The highest BCUT2D eigenvalue weighted by Crippen LogP contribution is 2.26. The van der Waals surface area contributed by atoms with Crippen LogP contribution >= 0.6 is 0 Å². The number of nitrogens with zero attached hydrogens (tertiary/aromatic N) is 2. The summed E-state index contributed by atoms with van der Waals surface area (Å²) in [4.78, 5) is 37.7. The first-order valence-electron chi connectivity index (χ1n) is 8.18. The molecule has 0 bridgehead atoms. The van der Waals surface area contributed by atoms with E-state index in [1.807, 2.05) is 0 Å². The van der Waals surface area contributed by atoms with Crippen molar-refractivity contribution < 1.29 is 9.59 Å². The molecule has 2 heterocycles. The molecule has 124 valence electrons. The standard InChI is InChI=1S/C16H22N4O3/c1-10-7-13(21)14(19-18-10)16(23)20-6-5-11(9-20)8-17-15(22)12-3-2-4-12/h7,11-12H,2-6,8-9H2,1H3,(H,17,22)(H,18,21)/t11-/m1/s1. The van der Waals surface area contributed by atoms with Gasteiger partial charge in [-0.1, -0.05) is 6.42 Å². The molecule has 3 rings (SSSR count). The lowest BCUT2D eigenvalue weighted by Gasteiger charge is -2.24. The number of aromatic nitrogens is 2. The van der Waals surface area contributed by atoms with Gasteiger partial charge in [-0.3, -0.25) is 19.5 Å². The molecule has 7 nitrogen and oxygen atoms in total. The number of H-pyrrole nitrogens is 1. The molecule has 2 aliphatic rings. The van der Waals surface area contributed by atoms with Gasteiger partial charge in [0.25, 0.3) is 5.91 Å². The van der Waals surface area contributed by atoms with E-state index in [-0.39, 0.29) is 34.8 Å². The van der Waals surface area contributed by atoms with Crippen LogP contribution in [0.1, 0.15) is 41.9 Å². The number of amides is 2. The first kappa shape index (κ1) is 15.7. The zero-order chi connectivity index (χ0) is 16.4. The zero-order valence-electron chi connectivity index (χ0n) is 13.3. The predicted molar refractivity (Wildman–Crippen MR) is 84.0 cm³/mol. The van der Waals surface area contributed by atoms with Gasteiger partial charge in [0.2, 0.25) is 11.3 Å². The van der Waals surface area contributed by atoms with E-state index in [1.165, 1.54) is 6.07 Å². The summed E-state index contributed by atoms with van der Waals surface area (Å²) in [6.07, 6.45) is 3.95. The Morgan fingerprint density at radius 1 is 1.39 bits per heavy atom. The van der Waals surface area contributed by atoms with Gasteiger partial charge in [0.1, 0.15) is 0 Å². The Kier molecular flexibility index (Phi) is 4.45. The number of hydrogen-bond acceptors (Lipinski definition) is 4. The van der Waals surface area contributed by atoms with Crippen LogP contribution in [0.15, 0.2) is 10.9 Å². The van der Waals surface area contributed by atoms with Crippen molar-refractivity contribution in [1.29, 1.82) is 0 Å². The quantitative estimate of drug-likeness (QED) is 0.843. The van der Waals surface area contributed by atoms with Crippen molar-refractivity contribution in [3.63, 3.8) is 0 Å². The summed E-state index contributed by atoms with van der Waals surface area (Å²) in [6.45, 7) is 3.46. The van der Waals surface area contributed by atoms with Crippen molar-refractivity contribution in [2.24, 2.45) is 11.8 Å². The molecule has 1 aromatic rings. The second-order valence-corrected chi connectivity index (χ2v) is 6.54. The molecule has 1 aliphatic carbocycles. The summed E-state index contributed by atoms with van der Waals surface area (Å²) >= 11 is 0. The molecule has 0 radical (unpaired) electrons. The van der Waals surface area contributed by atoms with E-state index in [9.17, 15) is 14.4 Å². The molecule has 23 heavy (non-hydrogen) atoms. The fourth-order valence-corrected chi connectivity index (χ4v) is 3.04. The number of aryl methyl sites for hydroxylation is 1. The molecule has 1 saturated heterocycles. The minimum Gasteiger partial charge on any atom is -0.356 e. The summed E-state index contributed by atoms with van der Waals surface area (Å²) in [5, 5.41) is 9.52. The van der Waals surface area contributed by atoms with Crippen LogP contribution < -0.4 is 10.7 Å². The zero-order valence-corrected chi connectivity index (χ0v) is 13.3. The van der Waals surface area contributed by atoms with E-state index in [2.05, 4.69) is 15.5 Å². The Bertz CT molecular complexity index is 666. The van der Waals surface area contributed by atoms with Crippen molar-refractivity contribution in [2.75, 3.05) is 19.6 Å². The Morgan fingerprint density at radius 3 is 2.83 bits per heavy atom. The molecule has 0 spiro atoms. The maximum atomic E-state index is 12.4. The van der Waals surface area contributed by atoms with Crippen LogP contribution in [-0.2, 0) is 4.79 Å². The smallest absolute Gasteiger partial charge is 0.278 e. The number of hydrogen-bond donors (Lipinski definition) is 2. The van der Waals surface area contributed by atoms with Crippen LogP contribution in [0.25, 0.3) is 0 Å². The highest BCUT2D eigenvalue weighted by atomic mass is 16.2. The van der Waals surface area contributed by atoms with Gasteiger partial charge in [0.05, 0.1) is 0 Å². The number of carbonyl (C=O) groups is 2. The summed E-state index contributed by atoms with van der Waals surface area (Å²) < 4.78 is 0. The van der Waals surface area contributed by atoms with Gasteiger partial charge in [-0.05, 0) is 32.1 Å². The second kappa shape index (κ2) is 6.52. The van der Waals surface area contributed by atoms with Gasteiger partial charge in [-0.15, -0.1) is 0 Å². The van der Waals surface area contributed by atoms with Crippen molar-refractivity contribution >= 4 is 11.8 Å². The average molecular weight is 318 g/mol. The molecule has 0 unspecified atom stereocenters. The third-order valence-electron chi connectivity index (χ3n) is 4.74. The number of carbonyl (C=O) groups excluding carboxylic acids is 2. The second-order valence-electron chi connectivity index (χ2n) is 6.54. The number of aromatic amines is 1. The van der Waals surface area contributed by atoms with E-state index in [4.69, 9.17) is 0 Å². The fourth-order valence-electron chi connectivity index (χ4n) is 3.04. The molecular weight excluding hydrogens is 296 g/mol. The van der Waals surface area contributed by atoms with Gasteiger partial charge in [0.15, 0.2) is 5.69 Å². The van der Waals surface area contributed by atoms with Crippen molar-refractivity contribution in [1.82, 2.24) is 20.4 Å². The van der Waals surface area contributed by atoms with Gasteiger partial charge < -0.3 is 10.2 Å². The van der Waals surface area contributed by atoms with E-state index in [0.717, 1.165) is 25.7 Å². The van der Waals surface area contributed by atoms with Crippen molar-refractivity contribution in [2.45, 2.75) is 32.6 Å². The SMILES string of the molecule is Cc1cc(=O)c(C(=O)N2CC[C@H](CNC(=O)C3CCC3)C2)n[nH]1. The lowest BCUT2D eigenvalue weighted by molar-refractivity contribution is -0.127. The van der Waals surface area contributed by atoms with Gasteiger partial charge >= 0.3 is 0 Å². The lowest BCUT2D eigenvalue weighted by atomic mass is 9.85. The molecule has 1 saturated carbocycles. The van der Waals surface area contributed by atoms with Gasteiger partial charge in [-0.25, -0.2) is 0 Å². The molecule has 1 aromatic heterocycles. The third kappa shape index (κ3) is 3.43. The Morgan fingerprint density at radius 2 is 2.17 bits per heavy atom. The highest BCUT2D eigenvalue weighted by Gasteiger charge is 2.30. The molecular formula is C16H22N4O3. The summed E-state index contributed by atoms with van der Waals surface area (Å²) in [6, 6.07) is 1.38. The predicted octanol–water partition coefficient (Wildman–Crippen LogP) is 0.457. The first-order valence-corrected chi connectivity index (χ1v) is 8.18. The molecule has 2 fully saturated rings. The minimum absolute atomic E-state index is 0.0604. The van der Waals surface area contributed by atoms with E-state index in [1.54, 1.807) is 11.8 Å². The van der Waals surface area contributed by atoms with Crippen LogP contribution in [0.2, 0.25) is 0 Å². The number of likely N-dealkylation sites (tertiary alicyclic amines) is 1. The molecule has 2 amide bonds. The van der Waals surface area contributed by atoms with E-state index in [0.29, 0.717) is 25.3 Å². The van der Waals surface area contributed by atoms with Crippen LogP contribution in [0.4, 0.5) is 0 Å². The number of rotatable bonds is 4. The number of nitrogens with one attached hydrogen (secondary N) is 2. The molecule has 0 aromatic carbocycles. The van der Waals surface area contributed by atoms with Crippen LogP contribution in [0, 0.1) is 18.8 Å². The summed E-state index contributed by atoms with van der Waals surface area (Å²) in [5.74, 6) is 0.230. The fraction of sp³-hybridized carbons (Fsp3) is 0.625. The average Bonchev–Trinajstić information content (AvgIpc) is 2.91. The van der Waals surface area contributed by atoms with E-state index >= 15 is 0 Å². The molecule has 7 heteroatoms. The van der Waals surface area contributed by atoms with Crippen molar-refractivity contribution in [3.05, 3.63) is 27.7 Å². The van der Waals surface area contributed by atoms with Crippen molar-refractivity contribution in [3.8, 4) is 0 Å². The monoisotopic (exact) mass is 318 g/mol. The lowest BCUT2D eigenvalue weighted by Crippen LogP contribution is -2.38. The normalized spacial score (nSPS) is 21.1. The molecule has 1 aliphatic heterocycles. The molecule has 2 N–H and O–H groups in total. The highest BCUT2D eigenvalue weighted by molar-refractivity contribution is 5.92. The Balaban J connectivity index is 1.53.